The summed E-state index contributed by atoms with van der Waals surface area (Å²) in [5, 5.41) is 0.643. The predicted octanol–water partition coefficient (Wildman–Crippen LogP) is 4.47. The molecular weight excluding hydrogens is 322 g/mol. The number of ether oxygens (including phenoxy) is 1. The highest BCUT2D eigenvalue weighted by Crippen LogP contribution is 2.19. The van der Waals surface area contributed by atoms with Crippen LogP contribution in [-0.4, -0.2) is 30.0 Å². The van der Waals surface area contributed by atoms with E-state index in [1.807, 2.05) is 4.90 Å². The second-order valence-electron chi connectivity index (χ2n) is 6.32. The third kappa shape index (κ3) is 4.37. The zero-order valence-corrected chi connectivity index (χ0v) is 14.6. The summed E-state index contributed by atoms with van der Waals surface area (Å²) in [7, 11) is 0. The van der Waals surface area contributed by atoms with Gasteiger partial charge in [-0.2, -0.15) is 0 Å². The lowest BCUT2D eigenvalue weighted by Gasteiger charge is -2.32. The Hall–Kier alpha value is -1.84. The summed E-state index contributed by atoms with van der Waals surface area (Å²) in [4.78, 5) is 14.5. The first-order valence-corrected chi connectivity index (χ1v) is 8.71. The van der Waals surface area contributed by atoms with Crippen molar-refractivity contribution >= 4 is 17.5 Å². The number of benzene rings is 2. The van der Waals surface area contributed by atoms with Crippen molar-refractivity contribution in [3.63, 3.8) is 0 Å². The lowest BCUT2D eigenvalue weighted by Crippen LogP contribution is -2.43. The number of carbonyl (C=O) groups excluding carboxylic acids is 1. The van der Waals surface area contributed by atoms with Crippen LogP contribution in [0.1, 0.15) is 34.3 Å². The quantitative estimate of drug-likeness (QED) is 0.819. The molecule has 0 saturated carbocycles. The van der Waals surface area contributed by atoms with Crippen LogP contribution in [0.2, 0.25) is 5.02 Å². The van der Waals surface area contributed by atoms with E-state index in [-0.39, 0.29) is 12.0 Å². The second kappa shape index (κ2) is 7.82. The largest absolute Gasteiger partial charge is 0.372 e. The van der Waals surface area contributed by atoms with Gasteiger partial charge >= 0.3 is 0 Å². The van der Waals surface area contributed by atoms with Crippen LogP contribution in [0.5, 0.6) is 0 Å². The zero-order valence-electron chi connectivity index (χ0n) is 13.9. The minimum absolute atomic E-state index is 0.0512. The highest BCUT2D eigenvalue weighted by molar-refractivity contribution is 6.30. The first-order chi connectivity index (χ1) is 11.6. The highest BCUT2D eigenvalue weighted by Gasteiger charge is 2.24. The lowest BCUT2D eigenvalue weighted by molar-refractivity contribution is -0.00673. The first kappa shape index (κ1) is 17.0. The number of aryl methyl sites for hydroxylation is 1. The van der Waals surface area contributed by atoms with Gasteiger partial charge in [0.05, 0.1) is 12.7 Å². The van der Waals surface area contributed by atoms with Crippen molar-refractivity contribution in [1.29, 1.82) is 0 Å². The number of nitrogens with zero attached hydrogens (tertiary/aromatic N) is 1. The Balaban J connectivity index is 1.56. The molecule has 0 aromatic heterocycles. The molecule has 24 heavy (non-hydrogen) atoms. The monoisotopic (exact) mass is 343 g/mol. The van der Waals surface area contributed by atoms with Gasteiger partial charge < -0.3 is 9.64 Å². The SMILES string of the molecule is Cc1ccc(COC2CCCN(C(=O)c3ccc(Cl)cc3)C2)cc1. The van der Waals surface area contributed by atoms with E-state index in [1.165, 1.54) is 11.1 Å². The van der Waals surface area contributed by atoms with Crippen molar-refractivity contribution in [3.8, 4) is 0 Å². The maximum absolute atomic E-state index is 12.6. The first-order valence-electron chi connectivity index (χ1n) is 8.34. The molecule has 4 heteroatoms. The molecule has 1 atom stereocenters. The number of carbonyl (C=O) groups is 1. The van der Waals surface area contributed by atoms with E-state index in [0.29, 0.717) is 23.7 Å². The van der Waals surface area contributed by atoms with Gasteiger partial charge in [0.1, 0.15) is 0 Å². The van der Waals surface area contributed by atoms with Gasteiger partial charge in [0.15, 0.2) is 0 Å². The summed E-state index contributed by atoms with van der Waals surface area (Å²) in [6.07, 6.45) is 2.06. The molecule has 1 fully saturated rings. The molecule has 2 aromatic carbocycles. The molecule has 1 saturated heterocycles. The van der Waals surface area contributed by atoms with E-state index < -0.39 is 0 Å². The number of hydrogen-bond donors (Lipinski definition) is 0. The van der Waals surface area contributed by atoms with Crippen LogP contribution in [0, 0.1) is 6.92 Å². The van der Waals surface area contributed by atoms with Crippen molar-refractivity contribution < 1.29 is 9.53 Å². The Labute approximate surface area is 148 Å². The third-order valence-electron chi connectivity index (χ3n) is 4.36. The van der Waals surface area contributed by atoms with E-state index in [2.05, 4.69) is 31.2 Å². The fourth-order valence-corrected chi connectivity index (χ4v) is 3.06. The van der Waals surface area contributed by atoms with Crippen LogP contribution < -0.4 is 0 Å². The molecule has 0 aliphatic carbocycles. The molecule has 1 unspecified atom stereocenters. The fourth-order valence-electron chi connectivity index (χ4n) is 2.93. The van der Waals surface area contributed by atoms with Crippen molar-refractivity contribution in [1.82, 2.24) is 4.90 Å². The lowest BCUT2D eigenvalue weighted by atomic mass is 10.1. The van der Waals surface area contributed by atoms with Crippen molar-refractivity contribution in [2.24, 2.45) is 0 Å². The molecular formula is C20H22ClNO2. The van der Waals surface area contributed by atoms with Gasteiger partial charge in [-0.15, -0.1) is 0 Å². The van der Waals surface area contributed by atoms with Crippen molar-refractivity contribution in [2.75, 3.05) is 13.1 Å². The van der Waals surface area contributed by atoms with Gasteiger partial charge in [0.2, 0.25) is 0 Å². The maximum Gasteiger partial charge on any atom is 0.253 e. The zero-order chi connectivity index (χ0) is 16.9. The van der Waals surface area contributed by atoms with Gasteiger partial charge in [0, 0.05) is 23.7 Å². The number of likely N-dealkylation sites (tertiary alicyclic amines) is 1. The predicted molar refractivity (Wildman–Crippen MR) is 96.3 cm³/mol. The van der Waals surface area contributed by atoms with Crippen molar-refractivity contribution in [3.05, 3.63) is 70.2 Å². The smallest absolute Gasteiger partial charge is 0.253 e. The van der Waals surface area contributed by atoms with Gasteiger partial charge in [-0.05, 0) is 49.6 Å². The summed E-state index contributed by atoms with van der Waals surface area (Å²) >= 11 is 5.89. The van der Waals surface area contributed by atoms with Crippen LogP contribution in [0.25, 0.3) is 0 Å². The Morgan fingerprint density at radius 3 is 2.58 bits per heavy atom. The molecule has 3 nitrogen and oxygen atoms in total. The van der Waals surface area contributed by atoms with Gasteiger partial charge in [-0.1, -0.05) is 41.4 Å². The van der Waals surface area contributed by atoms with Crippen LogP contribution in [0.3, 0.4) is 0 Å². The minimum Gasteiger partial charge on any atom is -0.372 e. The number of amides is 1. The molecule has 126 valence electrons. The van der Waals surface area contributed by atoms with Crippen LogP contribution in [0.15, 0.2) is 48.5 Å². The standard InChI is InChI=1S/C20H22ClNO2/c1-15-4-6-16(7-5-15)14-24-19-3-2-12-22(13-19)20(23)17-8-10-18(21)11-9-17/h4-11,19H,2-3,12-14H2,1H3. The minimum atomic E-state index is 0.0512. The molecule has 2 aromatic rings. The van der Waals surface area contributed by atoms with E-state index in [4.69, 9.17) is 16.3 Å². The molecule has 0 bridgehead atoms. The number of piperidine rings is 1. The average molecular weight is 344 g/mol. The maximum atomic E-state index is 12.6. The van der Waals surface area contributed by atoms with Crippen LogP contribution in [0.4, 0.5) is 0 Å². The topological polar surface area (TPSA) is 29.5 Å². The number of halogens is 1. The Kier molecular flexibility index (Phi) is 5.54. The molecule has 1 heterocycles. The Bertz CT molecular complexity index is 682. The molecule has 1 amide bonds. The molecule has 0 N–H and O–H groups in total. The summed E-state index contributed by atoms with van der Waals surface area (Å²) in [5.74, 6) is 0.0512. The average Bonchev–Trinajstić information content (AvgIpc) is 2.61. The molecule has 0 spiro atoms. The van der Waals surface area contributed by atoms with E-state index in [0.717, 1.165) is 19.4 Å². The number of rotatable bonds is 4. The number of hydrogen-bond acceptors (Lipinski definition) is 2. The van der Waals surface area contributed by atoms with E-state index in [9.17, 15) is 4.79 Å². The second-order valence-corrected chi connectivity index (χ2v) is 6.76. The van der Waals surface area contributed by atoms with Crippen molar-refractivity contribution in [2.45, 2.75) is 32.5 Å². The summed E-state index contributed by atoms with van der Waals surface area (Å²) < 4.78 is 6.03. The summed E-state index contributed by atoms with van der Waals surface area (Å²) in [5.41, 5.74) is 3.09. The van der Waals surface area contributed by atoms with Crippen LogP contribution in [-0.2, 0) is 11.3 Å². The summed E-state index contributed by atoms with van der Waals surface area (Å²) in [6.45, 7) is 4.10. The van der Waals surface area contributed by atoms with E-state index in [1.54, 1.807) is 24.3 Å². The Morgan fingerprint density at radius 2 is 1.88 bits per heavy atom. The van der Waals surface area contributed by atoms with Crippen LogP contribution >= 0.6 is 11.6 Å². The fraction of sp³-hybridized carbons (Fsp3) is 0.350. The molecule has 1 aliphatic heterocycles. The highest BCUT2D eigenvalue weighted by atomic mass is 35.5. The Morgan fingerprint density at radius 1 is 1.17 bits per heavy atom. The summed E-state index contributed by atoms with van der Waals surface area (Å²) in [6, 6.07) is 15.4. The van der Waals surface area contributed by atoms with Gasteiger partial charge in [-0.25, -0.2) is 0 Å². The molecule has 0 radical (unpaired) electrons. The third-order valence-corrected chi connectivity index (χ3v) is 4.61. The molecule has 1 aliphatic rings. The van der Waals surface area contributed by atoms with Gasteiger partial charge in [0.25, 0.3) is 5.91 Å². The molecule has 3 rings (SSSR count). The van der Waals surface area contributed by atoms with E-state index >= 15 is 0 Å². The van der Waals surface area contributed by atoms with Gasteiger partial charge in [-0.3, -0.25) is 4.79 Å². The normalized spacial score (nSPS) is 17.8.